The Morgan fingerprint density at radius 2 is 2.23 bits per heavy atom. The predicted octanol–water partition coefficient (Wildman–Crippen LogP) is 2.66. The Morgan fingerprint density at radius 3 is 2.86 bits per heavy atom. The molecule has 22 heavy (non-hydrogen) atoms. The van der Waals surface area contributed by atoms with Crippen LogP contribution < -0.4 is 10.1 Å². The maximum atomic E-state index is 12.2. The summed E-state index contributed by atoms with van der Waals surface area (Å²) in [5.74, 6) is 0.796. The number of aliphatic hydroxyl groups is 1. The minimum absolute atomic E-state index is 0.00422. The number of rotatable bonds is 5. The van der Waals surface area contributed by atoms with Crippen LogP contribution in [0.4, 0.5) is 14.9 Å². The van der Waals surface area contributed by atoms with Gasteiger partial charge in [-0.2, -0.15) is 0 Å². The van der Waals surface area contributed by atoms with Gasteiger partial charge in [0, 0.05) is 24.8 Å². The highest BCUT2D eigenvalue weighted by Gasteiger charge is 2.25. The summed E-state index contributed by atoms with van der Waals surface area (Å²) in [6.07, 6.45) is 1.30. The number of carbonyl (C=O) groups is 1. The van der Waals surface area contributed by atoms with Crippen molar-refractivity contribution in [2.45, 2.75) is 25.9 Å². The summed E-state index contributed by atoms with van der Waals surface area (Å²) in [5, 5.41) is 12.4. The van der Waals surface area contributed by atoms with E-state index in [0.29, 0.717) is 24.5 Å². The average Bonchev–Trinajstić information content (AvgIpc) is 2.53. The summed E-state index contributed by atoms with van der Waals surface area (Å²) in [7, 11) is 0. The van der Waals surface area contributed by atoms with Crippen molar-refractivity contribution in [2.75, 3.05) is 31.7 Å². The van der Waals surface area contributed by atoms with E-state index in [-0.39, 0.29) is 24.7 Å². The standard InChI is InChI=1S/C16H23FN2O3/c1-12(20)13-5-8-19(9-6-13)16(21)18-14-3-2-4-15(11-14)22-10-7-17/h2-4,11-13,20H,5-10H2,1H3,(H,18,21). The third-order valence-corrected chi connectivity index (χ3v) is 3.94. The lowest BCUT2D eigenvalue weighted by molar-refractivity contribution is 0.0820. The van der Waals surface area contributed by atoms with Gasteiger partial charge in [-0.1, -0.05) is 6.07 Å². The van der Waals surface area contributed by atoms with Crippen molar-refractivity contribution in [3.63, 3.8) is 0 Å². The average molecular weight is 310 g/mol. The first kappa shape index (κ1) is 16.5. The summed E-state index contributed by atoms with van der Waals surface area (Å²) in [5.41, 5.74) is 0.624. The van der Waals surface area contributed by atoms with Crippen LogP contribution in [0.5, 0.6) is 5.75 Å². The van der Waals surface area contributed by atoms with E-state index in [4.69, 9.17) is 4.74 Å². The smallest absolute Gasteiger partial charge is 0.321 e. The topological polar surface area (TPSA) is 61.8 Å². The third-order valence-electron chi connectivity index (χ3n) is 3.94. The highest BCUT2D eigenvalue weighted by molar-refractivity contribution is 5.89. The molecule has 122 valence electrons. The maximum absolute atomic E-state index is 12.2. The van der Waals surface area contributed by atoms with Crippen LogP contribution in [0, 0.1) is 5.92 Å². The molecule has 0 bridgehead atoms. The SMILES string of the molecule is CC(O)C1CCN(C(=O)Nc2cccc(OCCF)c2)CC1. The molecule has 5 nitrogen and oxygen atoms in total. The first-order valence-electron chi connectivity index (χ1n) is 7.63. The first-order valence-corrected chi connectivity index (χ1v) is 7.63. The zero-order valence-electron chi connectivity index (χ0n) is 12.8. The maximum Gasteiger partial charge on any atom is 0.321 e. The molecule has 2 amide bonds. The second-order valence-corrected chi connectivity index (χ2v) is 5.56. The Labute approximate surface area is 130 Å². The molecule has 1 aliphatic rings. The van der Waals surface area contributed by atoms with Gasteiger partial charge in [-0.05, 0) is 37.8 Å². The fraction of sp³-hybridized carbons (Fsp3) is 0.562. The molecule has 0 saturated carbocycles. The number of urea groups is 1. The number of aliphatic hydroxyl groups excluding tert-OH is 1. The van der Waals surface area contributed by atoms with Crippen molar-refractivity contribution in [3.8, 4) is 5.75 Å². The predicted molar refractivity (Wildman–Crippen MR) is 82.9 cm³/mol. The van der Waals surface area contributed by atoms with Crippen LogP contribution in [-0.4, -0.2) is 48.5 Å². The van der Waals surface area contributed by atoms with Gasteiger partial charge in [0.15, 0.2) is 0 Å². The quantitative estimate of drug-likeness (QED) is 0.879. The van der Waals surface area contributed by atoms with Crippen molar-refractivity contribution >= 4 is 11.7 Å². The molecule has 1 aliphatic heterocycles. The molecule has 1 saturated heterocycles. The van der Waals surface area contributed by atoms with Gasteiger partial charge < -0.3 is 20.1 Å². The lowest BCUT2D eigenvalue weighted by Gasteiger charge is -2.33. The van der Waals surface area contributed by atoms with Gasteiger partial charge in [0.1, 0.15) is 19.0 Å². The molecule has 0 spiro atoms. The Hall–Kier alpha value is -1.82. The number of likely N-dealkylation sites (tertiary alicyclic amines) is 1. The number of nitrogens with one attached hydrogen (secondary N) is 1. The zero-order chi connectivity index (χ0) is 15.9. The van der Waals surface area contributed by atoms with Crippen LogP contribution in [0.15, 0.2) is 24.3 Å². The van der Waals surface area contributed by atoms with E-state index in [1.54, 1.807) is 36.1 Å². The minimum Gasteiger partial charge on any atom is -0.491 e. The largest absolute Gasteiger partial charge is 0.491 e. The number of piperidine rings is 1. The number of amides is 2. The molecule has 2 N–H and O–H groups in total. The molecule has 0 radical (unpaired) electrons. The number of carbonyl (C=O) groups excluding carboxylic acids is 1. The van der Waals surface area contributed by atoms with Crippen LogP contribution >= 0.6 is 0 Å². The Bertz CT molecular complexity index is 488. The Kier molecular flexibility index (Phi) is 6.00. The molecular formula is C16H23FN2O3. The van der Waals surface area contributed by atoms with Gasteiger partial charge in [0.05, 0.1) is 6.10 Å². The minimum atomic E-state index is -0.547. The van der Waals surface area contributed by atoms with Gasteiger partial charge in [-0.15, -0.1) is 0 Å². The van der Waals surface area contributed by atoms with Crippen LogP contribution in [-0.2, 0) is 0 Å². The van der Waals surface area contributed by atoms with E-state index in [1.165, 1.54) is 0 Å². The van der Waals surface area contributed by atoms with Crippen molar-refractivity contribution in [3.05, 3.63) is 24.3 Å². The van der Waals surface area contributed by atoms with Crippen LogP contribution in [0.3, 0.4) is 0 Å². The summed E-state index contributed by atoms with van der Waals surface area (Å²) >= 11 is 0. The number of alkyl halides is 1. The van der Waals surface area contributed by atoms with E-state index >= 15 is 0 Å². The Balaban J connectivity index is 1.87. The Morgan fingerprint density at radius 1 is 1.50 bits per heavy atom. The molecule has 2 rings (SSSR count). The van der Waals surface area contributed by atoms with Crippen LogP contribution in [0.1, 0.15) is 19.8 Å². The van der Waals surface area contributed by atoms with Crippen LogP contribution in [0.25, 0.3) is 0 Å². The second-order valence-electron chi connectivity index (χ2n) is 5.56. The van der Waals surface area contributed by atoms with E-state index in [0.717, 1.165) is 12.8 Å². The van der Waals surface area contributed by atoms with E-state index < -0.39 is 6.67 Å². The highest BCUT2D eigenvalue weighted by Crippen LogP contribution is 2.22. The van der Waals surface area contributed by atoms with E-state index in [2.05, 4.69) is 5.32 Å². The molecule has 0 aromatic heterocycles. The highest BCUT2D eigenvalue weighted by atomic mass is 19.1. The van der Waals surface area contributed by atoms with Gasteiger partial charge in [0.2, 0.25) is 0 Å². The fourth-order valence-corrected chi connectivity index (χ4v) is 2.61. The molecule has 1 atom stereocenters. The fourth-order valence-electron chi connectivity index (χ4n) is 2.61. The number of ether oxygens (including phenoxy) is 1. The molecule has 1 heterocycles. The first-order chi connectivity index (χ1) is 10.6. The van der Waals surface area contributed by atoms with Crippen molar-refractivity contribution in [1.82, 2.24) is 4.90 Å². The van der Waals surface area contributed by atoms with Gasteiger partial charge in [-0.3, -0.25) is 0 Å². The number of nitrogens with zero attached hydrogens (tertiary/aromatic N) is 1. The lowest BCUT2D eigenvalue weighted by Crippen LogP contribution is -2.42. The number of benzene rings is 1. The van der Waals surface area contributed by atoms with E-state index in [9.17, 15) is 14.3 Å². The number of hydrogen-bond acceptors (Lipinski definition) is 3. The van der Waals surface area contributed by atoms with Crippen molar-refractivity contribution in [2.24, 2.45) is 5.92 Å². The second kappa shape index (κ2) is 7.98. The van der Waals surface area contributed by atoms with Crippen molar-refractivity contribution < 1.29 is 19.0 Å². The lowest BCUT2D eigenvalue weighted by atomic mass is 9.92. The number of halogens is 1. The molecule has 0 aliphatic carbocycles. The van der Waals surface area contributed by atoms with Crippen molar-refractivity contribution in [1.29, 1.82) is 0 Å². The normalized spacial score (nSPS) is 17.1. The molecule has 1 fully saturated rings. The number of hydrogen-bond donors (Lipinski definition) is 2. The molecule has 6 heteroatoms. The van der Waals surface area contributed by atoms with Crippen LogP contribution in [0.2, 0.25) is 0 Å². The van der Waals surface area contributed by atoms with E-state index in [1.807, 2.05) is 0 Å². The molecule has 1 unspecified atom stereocenters. The summed E-state index contributed by atoms with van der Waals surface area (Å²) in [6.45, 7) is 2.53. The molecule has 1 aromatic rings. The molecular weight excluding hydrogens is 287 g/mol. The monoisotopic (exact) mass is 310 g/mol. The zero-order valence-corrected chi connectivity index (χ0v) is 12.8. The number of anilines is 1. The summed E-state index contributed by atoms with van der Waals surface area (Å²) < 4.78 is 17.3. The van der Waals surface area contributed by atoms with Gasteiger partial charge in [-0.25, -0.2) is 9.18 Å². The molecule has 1 aromatic carbocycles. The van der Waals surface area contributed by atoms with Gasteiger partial charge in [0.25, 0.3) is 0 Å². The van der Waals surface area contributed by atoms with Gasteiger partial charge >= 0.3 is 6.03 Å². The summed E-state index contributed by atoms with van der Waals surface area (Å²) in [4.78, 5) is 14.0. The third kappa shape index (κ3) is 4.59. The summed E-state index contributed by atoms with van der Waals surface area (Å²) in [6, 6.07) is 6.76.